The topological polar surface area (TPSA) is 63.7 Å². The van der Waals surface area contributed by atoms with Gasteiger partial charge >= 0.3 is 5.97 Å². The molecule has 1 aliphatic heterocycles. The average molecular weight is 399 g/mol. The molecule has 0 saturated carbocycles. The summed E-state index contributed by atoms with van der Waals surface area (Å²) in [6.07, 6.45) is -0.821. The van der Waals surface area contributed by atoms with E-state index in [2.05, 4.69) is 0 Å². The molecule has 0 spiro atoms. The molecule has 1 saturated heterocycles. The van der Waals surface area contributed by atoms with Crippen molar-refractivity contribution in [2.75, 3.05) is 0 Å². The molecule has 0 radical (unpaired) electrons. The van der Waals surface area contributed by atoms with Gasteiger partial charge in [-0.1, -0.05) is 78.9 Å². The quantitative estimate of drug-likeness (QED) is 0.469. The Labute approximate surface area is 174 Å². The van der Waals surface area contributed by atoms with Gasteiger partial charge in [-0.3, -0.25) is 14.5 Å². The molecule has 1 heterocycles. The number of imide groups is 1. The van der Waals surface area contributed by atoms with Crippen LogP contribution in [0.4, 0.5) is 0 Å². The van der Waals surface area contributed by atoms with Crippen LogP contribution in [-0.4, -0.2) is 28.8 Å². The van der Waals surface area contributed by atoms with Crippen LogP contribution in [-0.2, 0) is 27.3 Å². The van der Waals surface area contributed by atoms with Crippen molar-refractivity contribution in [3.8, 4) is 0 Å². The molecule has 3 aromatic carbocycles. The molecule has 4 rings (SSSR count). The van der Waals surface area contributed by atoms with Crippen molar-refractivity contribution in [1.82, 2.24) is 4.90 Å². The van der Waals surface area contributed by atoms with Gasteiger partial charge in [-0.25, -0.2) is 4.79 Å². The normalized spacial score (nSPS) is 18.5. The number of hydrogen-bond donors (Lipinski definition) is 0. The number of ether oxygens (including phenoxy) is 1. The minimum Gasteiger partial charge on any atom is -0.448 e. The van der Waals surface area contributed by atoms with E-state index in [0.717, 1.165) is 11.1 Å². The second-order valence-corrected chi connectivity index (χ2v) is 7.24. The SMILES string of the molecule is O=C(O[C@@H]1C(=O)N(Cc2ccccc2)C(=O)[C@H]1Cc1ccccc1)c1ccccc1. The molecule has 0 N–H and O–H groups in total. The summed E-state index contributed by atoms with van der Waals surface area (Å²) < 4.78 is 5.58. The highest BCUT2D eigenvalue weighted by atomic mass is 16.6. The highest BCUT2D eigenvalue weighted by Crippen LogP contribution is 2.29. The van der Waals surface area contributed by atoms with E-state index >= 15 is 0 Å². The van der Waals surface area contributed by atoms with Gasteiger partial charge in [-0.05, 0) is 29.7 Å². The summed E-state index contributed by atoms with van der Waals surface area (Å²) >= 11 is 0. The van der Waals surface area contributed by atoms with E-state index in [1.54, 1.807) is 30.3 Å². The van der Waals surface area contributed by atoms with Crippen LogP contribution in [0.3, 0.4) is 0 Å². The number of likely N-dealkylation sites (tertiary alicyclic amines) is 1. The summed E-state index contributed by atoms with van der Waals surface area (Å²) in [5.41, 5.74) is 2.09. The lowest BCUT2D eigenvalue weighted by Crippen LogP contribution is -2.33. The number of esters is 1. The minimum atomic E-state index is -1.14. The van der Waals surface area contributed by atoms with Crippen molar-refractivity contribution in [1.29, 1.82) is 0 Å². The molecule has 0 aliphatic carbocycles. The smallest absolute Gasteiger partial charge is 0.338 e. The average Bonchev–Trinajstić information content (AvgIpc) is 3.00. The number of benzene rings is 3. The number of amides is 2. The fourth-order valence-corrected chi connectivity index (χ4v) is 3.64. The Morgan fingerprint density at radius 3 is 1.87 bits per heavy atom. The first-order chi connectivity index (χ1) is 14.6. The molecule has 5 nitrogen and oxygen atoms in total. The molecular formula is C25H21NO4. The predicted molar refractivity (Wildman–Crippen MR) is 111 cm³/mol. The standard InChI is InChI=1S/C25H21NO4/c27-23-21(16-18-10-4-1-5-11-18)22(30-25(29)20-14-8-3-9-15-20)24(28)26(23)17-19-12-6-2-7-13-19/h1-15,21-22H,16-17H2/t21-,22-/m0/s1. The summed E-state index contributed by atoms with van der Waals surface area (Å²) in [4.78, 5) is 40.1. The van der Waals surface area contributed by atoms with Crippen molar-refractivity contribution in [2.45, 2.75) is 19.1 Å². The first-order valence-electron chi connectivity index (χ1n) is 9.82. The maximum Gasteiger partial charge on any atom is 0.338 e. The largest absolute Gasteiger partial charge is 0.448 e. The maximum atomic E-state index is 13.2. The van der Waals surface area contributed by atoms with Crippen LogP contribution in [0.5, 0.6) is 0 Å². The van der Waals surface area contributed by atoms with E-state index in [4.69, 9.17) is 4.74 Å². The number of hydrogen-bond acceptors (Lipinski definition) is 4. The van der Waals surface area contributed by atoms with Crippen molar-refractivity contribution in [3.63, 3.8) is 0 Å². The van der Waals surface area contributed by atoms with E-state index in [1.165, 1.54) is 4.90 Å². The number of carbonyl (C=O) groups is 3. The van der Waals surface area contributed by atoms with Gasteiger partial charge in [0.2, 0.25) is 5.91 Å². The Morgan fingerprint density at radius 2 is 1.27 bits per heavy atom. The third-order valence-electron chi connectivity index (χ3n) is 5.18. The highest BCUT2D eigenvalue weighted by molar-refractivity contribution is 6.07. The number of rotatable bonds is 6. The molecule has 30 heavy (non-hydrogen) atoms. The lowest BCUT2D eigenvalue weighted by Gasteiger charge is -2.16. The summed E-state index contributed by atoms with van der Waals surface area (Å²) in [6, 6.07) is 27.2. The number of nitrogens with zero attached hydrogens (tertiary/aromatic N) is 1. The van der Waals surface area contributed by atoms with Crippen molar-refractivity contribution >= 4 is 17.8 Å². The first-order valence-corrected chi connectivity index (χ1v) is 9.82. The lowest BCUT2D eigenvalue weighted by atomic mass is 9.95. The molecule has 0 bridgehead atoms. The molecule has 2 atom stereocenters. The molecule has 5 heteroatoms. The Bertz CT molecular complexity index is 1030. The molecule has 0 aromatic heterocycles. The second-order valence-electron chi connectivity index (χ2n) is 7.24. The van der Waals surface area contributed by atoms with E-state index < -0.39 is 23.9 Å². The molecular weight excluding hydrogens is 378 g/mol. The van der Waals surface area contributed by atoms with Crippen LogP contribution in [0.1, 0.15) is 21.5 Å². The first kappa shape index (κ1) is 19.6. The zero-order valence-electron chi connectivity index (χ0n) is 16.3. The Kier molecular flexibility index (Phi) is 5.70. The fourth-order valence-electron chi connectivity index (χ4n) is 3.64. The van der Waals surface area contributed by atoms with Gasteiger partial charge in [-0.15, -0.1) is 0 Å². The molecule has 1 fully saturated rings. The van der Waals surface area contributed by atoms with Crippen LogP contribution in [0.15, 0.2) is 91.0 Å². The van der Waals surface area contributed by atoms with Crippen LogP contribution in [0.25, 0.3) is 0 Å². The summed E-state index contributed by atoms with van der Waals surface area (Å²) in [5.74, 6) is -2.16. The Morgan fingerprint density at radius 1 is 0.733 bits per heavy atom. The van der Waals surface area contributed by atoms with Crippen LogP contribution in [0, 0.1) is 5.92 Å². The Hall–Kier alpha value is -3.73. The monoisotopic (exact) mass is 399 g/mol. The second kappa shape index (κ2) is 8.74. The van der Waals surface area contributed by atoms with Gasteiger partial charge in [0.1, 0.15) is 0 Å². The fraction of sp³-hybridized carbons (Fsp3) is 0.160. The van der Waals surface area contributed by atoms with E-state index in [1.807, 2.05) is 60.7 Å². The zero-order chi connectivity index (χ0) is 20.9. The predicted octanol–water partition coefficient (Wildman–Crippen LogP) is 3.64. The van der Waals surface area contributed by atoms with Crippen molar-refractivity contribution in [2.24, 2.45) is 5.92 Å². The van der Waals surface area contributed by atoms with E-state index in [-0.39, 0.29) is 12.5 Å². The zero-order valence-corrected chi connectivity index (χ0v) is 16.3. The van der Waals surface area contributed by atoms with E-state index in [9.17, 15) is 14.4 Å². The molecule has 1 aliphatic rings. The summed E-state index contributed by atoms with van der Waals surface area (Å²) in [6.45, 7) is 0.156. The minimum absolute atomic E-state index is 0.156. The van der Waals surface area contributed by atoms with Gasteiger partial charge in [0.05, 0.1) is 18.0 Å². The number of carbonyl (C=O) groups excluding carboxylic acids is 3. The van der Waals surface area contributed by atoms with Crippen LogP contribution < -0.4 is 0 Å². The summed E-state index contributed by atoms with van der Waals surface area (Å²) in [5, 5.41) is 0. The third-order valence-corrected chi connectivity index (χ3v) is 5.18. The van der Waals surface area contributed by atoms with Crippen molar-refractivity contribution < 1.29 is 19.1 Å². The van der Waals surface area contributed by atoms with E-state index in [0.29, 0.717) is 12.0 Å². The van der Waals surface area contributed by atoms with Gasteiger partial charge in [-0.2, -0.15) is 0 Å². The maximum absolute atomic E-state index is 13.2. The highest BCUT2D eigenvalue weighted by Gasteiger charge is 2.49. The molecule has 150 valence electrons. The van der Waals surface area contributed by atoms with Gasteiger partial charge < -0.3 is 4.74 Å². The molecule has 3 aromatic rings. The molecule has 2 amide bonds. The molecule has 0 unspecified atom stereocenters. The van der Waals surface area contributed by atoms with Crippen molar-refractivity contribution in [3.05, 3.63) is 108 Å². The van der Waals surface area contributed by atoms with Gasteiger partial charge in [0.15, 0.2) is 6.10 Å². The lowest BCUT2D eigenvalue weighted by molar-refractivity contribution is -0.141. The summed E-state index contributed by atoms with van der Waals surface area (Å²) in [7, 11) is 0. The van der Waals surface area contributed by atoms with Gasteiger partial charge in [0.25, 0.3) is 5.91 Å². The van der Waals surface area contributed by atoms with Crippen LogP contribution >= 0.6 is 0 Å². The van der Waals surface area contributed by atoms with Gasteiger partial charge in [0, 0.05) is 0 Å². The Balaban J connectivity index is 1.60. The third kappa shape index (κ3) is 4.15. The van der Waals surface area contributed by atoms with Crippen LogP contribution in [0.2, 0.25) is 0 Å².